The Kier molecular flexibility index (Phi) is 6.00. The molecule has 3 rings (SSSR count). The third kappa shape index (κ3) is 3.89. The fourth-order valence-electron chi connectivity index (χ4n) is 2.93. The monoisotopic (exact) mass is 480 g/mol. The third-order valence-corrected chi connectivity index (χ3v) is 6.90. The normalized spacial score (nSPS) is 11.7. The number of rotatable bonds is 6. The van der Waals surface area contributed by atoms with E-state index in [9.17, 15) is 18.0 Å². The Morgan fingerprint density at radius 2 is 1.86 bits per heavy atom. The second kappa shape index (κ2) is 8.16. The zero-order valence-electron chi connectivity index (χ0n) is 16.3. The van der Waals surface area contributed by atoms with E-state index in [1.807, 2.05) is 13.8 Å². The van der Waals surface area contributed by atoms with Gasteiger partial charge in [0.05, 0.1) is 11.5 Å². The van der Waals surface area contributed by atoms with Gasteiger partial charge in [-0.3, -0.25) is 4.79 Å². The zero-order valence-corrected chi connectivity index (χ0v) is 18.7. The predicted octanol–water partition coefficient (Wildman–Crippen LogP) is 3.60. The quantitative estimate of drug-likeness (QED) is 0.397. The first-order valence-corrected chi connectivity index (χ1v) is 11.3. The van der Waals surface area contributed by atoms with Crippen LogP contribution in [0.1, 0.15) is 35.8 Å². The van der Waals surface area contributed by atoms with Crippen molar-refractivity contribution in [2.45, 2.75) is 31.6 Å². The van der Waals surface area contributed by atoms with Gasteiger partial charge in [-0.05, 0) is 47.5 Å². The molecule has 0 fully saturated rings. The van der Waals surface area contributed by atoms with E-state index in [2.05, 4.69) is 15.9 Å². The highest BCUT2D eigenvalue weighted by Crippen LogP contribution is 2.29. The summed E-state index contributed by atoms with van der Waals surface area (Å²) in [6.07, 6.45) is 3.01. The molecule has 154 valence electrons. The number of fused-ring (bicyclic) bond motifs is 1. The Labute approximate surface area is 177 Å². The number of halogens is 1. The van der Waals surface area contributed by atoms with Gasteiger partial charge in [0.15, 0.2) is 0 Å². The summed E-state index contributed by atoms with van der Waals surface area (Å²) in [5.41, 5.74) is 0.0382. The van der Waals surface area contributed by atoms with Crippen LogP contribution in [0.4, 0.5) is 0 Å². The summed E-state index contributed by atoms with van der Waals surface area (Å²) in [6, 6.07) is 7.59. The van der Waals surface area contributed by atoms with Gasteiger partial charge >= 0.3 is 5.97 Å². The number of unbranched alkanes of at least 4 members (excludes halogenated alkanes) is 1. The van der Waals surface area contributed by atoms with Crippen LogP contribution < -0.4 is 5.56 Å². The topological polar surface area (TPSA) is 87.4 Å². The molecular formula is C20H21BrN2O5S. The molecule has 0 aliphatic rings. The molecule has 0 saturated carbocycles. The lowest BCUT2D eigenvalue weighted by Crippen LogP contribution is -2.25. The fraction of sp³-hybridized carbons (Fsp3) is 0.300. The maximum absolute atomic E-state index is 13.4. The van der Waals surface area contributed by atoms with Gasteiger partial charge in [-0.15, -0.1) is 0 Å². The Morgan fingerprint density at radius 3 is 2.48 bits per heavy atom. The lowest BCUT2D eigenvalue weighted by Gasteiger charge is -2.12. The summed E-state index contributed by atoms with van der Waals surface area (Å²) in [4.78, 5) is 25.5. The molecule has 0 spiro atoms. The van der Waals surface area contributed by atoms with Crippen LogP contribution in [0.25, 0.3) is 10.9 Å². The number of carbonyl (C=O) groups is 1. The average Bonchev–Trinajstić information content (AvgIpc) is 3.09. The largest absolute Gasteiger partial charge is 0.461 e. The minimum Gasteiger partial charge on any atom is -0.461 e. The van der Waals surface area contributed by atoms with Crippen LogP contribution in [-0.4, -0.2) is 29.5 Å². The Morgan fingerprint density at radius 1 is 1.21 bits per heavy atom. The zero-order chi connectivity index (χ0) is 21.3. The third-order valence-electron chi connectivity index (χ3n) is 4.54. The van der Waals surface area contributed by atoms with Crippen molar-refractivity contribution in [3.8, 4) is 0 Å². The smallest absolute Gasteiger partial charge is 0.356 e. The SMILES string of the molecule is CCCCOC(=O)c1cc2c(Br)cn(C)c(=O)c2n1S(=O)(=O)c1ccc(C)cc1. The number of pyridine rings is 1. The van der Waals surface area contributed by atoms with Crippen molar-refractivity contribution in [2.75, 3.05) is 6.61 Å². The molecule has 3 aromatic rings. The van der Waals surface area contributed by atoms with Gasteiger partial charge in [-0.1, -0.05) is 31.0 Å². The van der Waals surface area contributed by atoms with E-state index in [4.69, 9.17) is 4.74 Å². The van der Waals surface area contributed by atoms with Crippen LogP contribution in [0.2, 0.25) is 0 Å². The average molecular weight is 481 g/mol. The summed E-state index contributed by atoms with van der Waals surface area (Å²) < 4.78 is 34.7. The molecule has 29 heavy (non-hydrogen) atoms. The van der Waals surface area contributed by atoms with Gasteiger partial charge < -0.3 is 9.30 Å². The van der Waals surface area contributed by atoms with E-state index in [0.717, 1.165) is 16.0 Å². The number of hydrogen-bond donors (Lipinski definition) is 0. The van der Waals surface area contributed by atoms with E-state index in [-0.39, 0.29) is 22.7 Å². The molecule has 0 unspecified atom stereocenters. The standard InChI is InChI=1S/C20H21BrN2O5S/c1-4-5-10-28-20(25)17-11-15-16(21)12-22(3)19(24)18(15)23(17)29(26,27)14-8-6-13(2)7-9-14/h6-9,11-12H,4-5,10H2,1-3H3. The number of ether oxygens (including phenoxy) is 1. The van der Waals surface area contributed by atoms with Crippen molar-refractivity contribution in [1.82, 2.24) is 8.54 Å². The second-order valence-electron chi connectivity index (χ2n) is 6.76. The van der Waals surface area contributed by atoms with Gasteiger partial charge in [0.25, 0.3) is 15.6 Å². The molecule has 0 amide bonds. The van der Waals surface area contributed by atoms with Crippen LogP contribution in [0, 0.1) is 6.92 Å². The van der Waals surface area contributed by atoms with Crippen LogP contribution >= 0.6 is 15.9 Å². The van der Waals surface area contributed by atoms with Crippen LogP contribution in [0.3, 0.4) is 0 Å². The summed E-state index contributed by atoms with van der Waals surface area (Å²) in [5.74, 6) is -0.792. The Bertz CT molecular complexity index is 1240. The first kappa shape index (κ1) is 21.3. The van der Waals surface area contributed by atoms with Crippen LogP contribution in [-0.2, 0) is 21.8 Å². The number of esters is 1. The van der Waals surface area contributed by atoms with Gasteiger partial charge in [0, 0.05) is 23.1 Å². The van der Waals surface area contributed by atoms with E-state index < -0.39 is 21.6 Å². The Hall–Kier alpha value is -2.39. The van der Waals surface area contributed by atoms with Gasteiger partial charge in [-0.25, -0.2) is 17.2 Å². The van der Waals surface area contributed by atoms with Crippen molar-refractivity contribution >= 4 is 42.8 Å². The molecule has 0 aliphatic heterocycles. The van der Waals surface area contributed by atoms with Gasteiger partial charge in [0.2, 0.25) is 0 Å². The van der Waals surface area contributed by atoms with Crippen LogP contribution in [0.5, 0.6) is 0 Å². The molecule has 2 aromatic heterocycles. The Balaban J connectivity index is 2.33. The lowest BCUT2D eigenvalue weighted by molar-refractivity contribution is 0.0492. The van der Waals surface area contributed by atoms with Crippen molar-refractivity contribution < 1.29 is 17.9 Å². The molecule has 2 heterocycles. The molecule has 0 atom stereocenters. The molecule has 0 bridgehead atoms. The highest BCUT2D eigenvalue weighted by Gasteiger charge is 2.30. The number of carbonyl (C=O) groups excluding carboxylic acids is 1. The maximum atomic E-state index is 13.4. The highest BCUT2D eigenvalue weighted by molar-refractivity contribution is 9.10. The molecule has 0 N–H and O–H groups in total. The fourth-order valence-corrected chi connectivity index (χ4v) is 5.04. The molecular weight excluding hydrogens is 460 g/mol. The maximum Gasteiger partial charge on any atom is 0.356 e. The predicted molar refractivity (Wildman–Crippen MR) is 114 cm³/mol. The minimum atomic E-state index is -4.22. The first-order valence-electron chi connectivity index (χ1n) is 9.08. The van der Waals surface area contributed by atoms with Crippen molar-refractivity contribution in [2.24, 2.45) is 7.05 Å². The van der Waals surface area contributed by atoms with E-state index in [0.29, 0.717) is 16.3 Å². The van der Waals surface area contributed by atoms with Crippen LogP contribution in [0.15, 0.2) is 50.7 Å². The van der Waals surface area contributed by atoms with E-state index in [1.54, 1.807) is 12.1 Å². The molecule has 1 aromatic carbocycles. The van der Waals surface area contributed by atoms with Crippen molar-refractivity contribution in [3.05, 3.63) is 62.6 Å². The number of aromatic nitrogens is 2. The number of hydrogen-bond acceptors (Lipinski definition) is 5. The lowest BCUT2D eigenvalue weighted by atomic mass is 10.2. The molecule has 0 saturated heterocycles. The summed E-state index contributed by atoms with van der Waals surface area (Å²) in [5, 5.41) is 0.325. The van der Waals surface area contributed by atoms with E-state index >= 15 is 0 Å². The summed E-state index contributed by atoms with van der Waals surface area (Å²) in [6.45, 7) is 3.96. The van der Waals surface area contributed by atoms with Gasteiger partial charge in [0.1, 0.15) is 11.2 Å². The van der Waals surface area contributed by atoms with Gasteiger partial charge in [-0.2, -0.15) is 0 Å². The molecule has 9 heteroatoms. The number of nitrogens with zero attached hydrogens (tertiary/aromatic N) is 2. The highest BCUT2D eigenvalue weighted by atomic mass is 79.9. The van der Waals surface area contributed by atoms with E-state index in [1.165, 1.54) is 36.0 Å². The summed E-state index contributed by atoms with van der Waals surface area (Å²) >= 11 is 3.35. The number of aryl methyl sites for hydroxylation is 2. The van der Waals surface area contributed by atoms with Crippen molar-refractivity contribution in [3.63, 3.8) is 0 Å². The molecule has 7 nitrogen and oxygen atoms in total. The van der Waals surface area contributed by atoms with Crippen molar-refractivity contribution in [1.29, 1.82) is 0 Å². The molecule has 0 radical (unpaired) electrons. The summed E-state index contributed by atoms with van der Waals surface area (Å²) in [7, 11) is -2.70. The molecule has 0 aliphatic carbocycles. The second-order valence-corrected chi connectivity index (χ2v) is 9.40. The number of benzene rings is 1. The minimum absolute atomic E-state index is 0.0229. The first-order chi connectivity index (χ1) is 13.7.